The first-order valence-electron chi connectivity index (χ1n) is 4.26. The van der Waals surface area contributed by atoms with Crippen molar-refractivity contribution in [3.63, 3.8) is 0 Å². The molecule has 1 unspecified atom stereocenters. The van der Waals surface area contributed by atoms with Crippen molar-refractivity contribution in [3.8, 4) is 0 Å². The van der Waals surface area contributed by atoms with Gasteiger partial charge in [0.25, 0.3) is 0 Å². The molecule has 0 aliphatic heterocycles. The van der Waals surface area contributed by atoms with Gasteiger partial charge in [0.15, 0.2) is 0 Å². The predicted octanol–water partition coefficient (Wildman–Crippen LogP) is 2.25. The number of ether oxygens (including phenoxy) is 1. The summed E-state index contributed by atoms with van der Waals surface area (Å²) >= 11 is 0. The summed E-state index contributed by atoms with van der Waals surface area (Å²) in [5, 5.41) is 0. The van der Waals surface area contributed by atoms with Crippen LogP contribution in [0, 0.1) is 6.92 Å². The Morgan fingerprint density at radius 2 is 2.31 bits per heavy atom. The lowest BCUT2D eigenvalue weighted by Gasteiger charge is -2.05. The van der Waals surface area contributed by atoms with Crippen molar-refractivity contribution in [3.05, 3.63) is 23.7 Å². The zero-order valence-corrected chi connectivity index (χ0v) is 8.16. The highest BCUT2D eigenvalue weighted by atomic mass is 16.5. The van der Waals surface area contributed by atoms with Crippen molar-refractivity contribution in [2.75, 3.05) is 7.11 Å². The SMILES string of the molecule is COC(=O)CC(C)c1ccc(C)o1. The number of hydrogen-bond acceptors (Lipinski definition) is 3. The Morgan fingerprint density at radius 1 is 1.62 bits per heavy atom. The second kappa shape index (κ2) is 4.12. The monoisotopic (exact) mass is 182 g/mol. The molecule has 0 amide bonds. The number of esters is 1. The second-order valence-corrected chi connectivity index (χ2v) is 3.13. The van der Waals surface area contributed by atoms with Gasteiger partial charge in [-0.25, -0.2) is 0 Å². The van der Waals surface area contributed by atoms with Gasteiger partial charge in [0.2, 0.25) is 0 Å². The molecule has 3 nitrogen and oxygen atoms in total. The van der Waals surface area contributed by atoms with E-state index in [1.54, 1.807) is 0 Å². The maximum atomic E-state index is 10.9. The van der Waals surface area contributed by atoms with Gasteiger partial charge in [-0.2, -0.15) is 0 Å². The lowest BCUT2D eigenvalue weighted by molar-refractivity contribution is -0.141. The number of carbonyl (C=O) groups excluding carboxylic acids is 1. The highest BCUT2D eigenvalue weighted by molar-refractivity contribution is 5.70. The van der Waals surface area contributed by atoms with Crippen LogP contribution < -0.4 is 0 Å². The summed E-state index contributed by atoms with van der Waals surface area (Å²) < 4.78 is 9.95. The average Bonchev–Trinajstić information content (AvgIpc) is 2.51. The molecule has 13 heavy (non-hydrogen) atoms. The summed E-state index contributed by atoms with van der Waals surface area (Å²) in [6, 6.07) is 3.78. The maximum Gasteiger partial charge on any atom is 0.306 e. The van der Waals surface area contributed by atoms with Crippen LogP contribution in [0.3, 0.4) is 0 Å². The molecular formula is C10H14O3. The predicted molar refractivity (Wildman–Crippen MR) is 48.5 cm³/mol. The molecule has 1 heterocycles. The first kappa shape index (κ1) is 9.84. The number of carbonyl (C=O) groups is 1. The van der Waals surface area contributed by atoms with Gasteiger partial charge in [0, 0.05) is 5.92 Å². The molecule has 1 atom stereocenters. The molecule has 0 radical (unpaired) electrons. The molecular weight excluding hydrogens is 168 g/mol. The Morgan fingerprint density at radius 3 is 2.77 bits per heavy atom. The lowest BCUT2D eigenvalue weighted by atomic mass is 10.1. The summed E-state index contributed by atoms with van der Waals surface area (Å²) in [6.07, 6.45) is 0.365. The van der Waals surface area contributed by atoms with Crippen molar-refractivity contribution >= 4 is 5.97 Å². The molecule has 0 spiro atoms. The van der Waals surface area contributed by atoms with Crippen LogP contribution in [-0.4, -0.2) is 13.1 Å². The van der Waals surface area contributed by atoms with Gasteiger partial charge in [-0.05, 0) is 19.1 Å². The van der Waals surface area contributed by atoms with Gasteiger partial charge in [-0.15, -0.1) is 0 Å². The molecule has 1 rings (SSSR count). The number of rotatable bonds is 3. The first-order valence-corrected chi connectivity index (χ1v) is 4.26. The van der Waals surface area contributed by atoms with Crippen LogP contribution in [0.5, 0.6) is 0 Å². The topological polar surface area (TPSA) is 39.4 Å². The van der Waals surface area contributed by atoms with E-state index in [1.165, 1.54) is 7.11 Å². The third-order valence-corrected chi connectivity index (χ3v) is 1.95. The molecule has 0 aliphatic carbocycles. The lowest BCUT2D eigenvalue weighted by Crippen LogP contribution is -2.05. The van der Waals surface area contributed by atoms with Crippen LogP contribution >= 0.6 is 0 Å². The molecule has 0 aliphatic rings. The van der Waals surface area contributed by atoms with Crippen molar-refractivity contribution in [1.29, 1.82) is 0 Å². The Hall–Kier alpha value is -1.25. The minimum atomic E-state index is -0.207. The van der Waals surface area contributed by atoms with E-state index in [1.807, 2.05) is 26.0 Å². The summed E-state index contributed by atoms with van der Waals surface area (Å²) in [4.78, 5) is 10.9. The van der Waals surface area contributed by atoms with Crippen LogP contribution in [-0.2, 0) is 9.53 Å². The van der Waals surface area contributed by atoms with E-state index in [-0.39, 0.29) is 11.9 Å². The fourth-order valence-corrected chi connectivity index (χ4v) is 1.15. The number of hydrogen-bond donors (Lipinski definition) is 0. The molecule has 0 bridgehead atoms. The summed E-state index contributed by atoms with van der Waals surface area (Å²) in [5.41, 5.74) is 0. The van der Waals surface area contributed by atoms with E-state index < -0.39 is 0 Å². The van der Waals surface area contributed by atoms with Gasteiger partial charge >= 0.3 is 5.97 Å². The number of methoxy groups -OCH3 is 1. The minimum absolute atomic E-state index is 0.0844. The van der Waals surface area contributed by atoms with Crippen molar-refractivity contribution < 1.29 is 13.9 Å². The largest absolute Gasteiger partial charge is 0.469 e. The molecule has 3 heteroatoms. The fraction of sp³-hybridized carbons (Fsp3) is 0.500. The molecule has 72 valence electrons. The van der Waals surface area contributed by atoms with Gasteiger partial charge in [0.05, 0.1) is 13.5 Å². The van der Waals surface area contributed by atoms with Crippen LogP contribution in [0.4, 0.5) is 0 Å². The summed E-state index contributed by atoms with van der Waals surface area (Å²) in [6.45, 7) is 3.82. The number of aryl methyl sites for hydroxylation is 1. The quantitative estimate of drug-likeness (QED) is 0.673. The molecule has 1 aromatic heterocycles. The van der Waals surface area contributed by atoms with E-state index in [0.717, 1.165) is 11.5 Å². The van der Waals surface area contributed by atoms with Crippen LogP contribution in [0.1, 0.15) is 30.8 Å². The molecule has 0 saturated heterocycles. The number of furan rings is 1. The summed E-state index contributed by atoms with van der Waals surface area (Å²) in [7, 11) is 1.39. The Bertz CT molecular complexity index is 288. The van der Waals surface area contributed by atoms with E-state index >= 15 is 0 Å². The molecule has 0 aromatic carbocycles. The van der Waals surface area contributed by atoms with Gasteiger partial charge in [-0.3, -0.25) is 4.79 Å². The van der Waals surface area contributed by atoms with Crippen LogP contribution in [0.15, 0.2) is 16.5 Å². The Labute approximate surface area is 77.7 Å². The standard InChI is InChI=1S/C10H14O3/c1-7(6-10(11)12-3)9-5-4-8(2)13-9/h4-5,7H,6H2,1-3H3. The van der Waals surface area contributed by atoms with Gasteiger partial charge in [-0.1, -0.05) is 6.92 Å². The van der Waals surface area contributed by atoms with E-state index in [2.05, 4.69) is 4.74 Å². The minimum Gasteiger partial charge on any atom is -0.469 e. The highest BCUT2D eigenvalue weighted by Gasteiger charge is 2.14. The van der Waals surface area contributed by atoms with Crippen LogP contribution in [0.25, 0.3) is 0 Å². The zero-order chi connectivity index (χ0) is 9.84. The van der Waals surface area contributed by atoms with Crippen molar-refractivity contribution in [2.24, 2.45) is 0 Å². The van der Waals surface area contributed by atoms with E-state index in [4.69, 9.17) is 4.42 Å². The van der Waals surface area contributed by atoms with E-state index in [0.29, 0.717) is 6.42 Å². The third kappa shape index (κ3) is 2.61. The molecule has 0 saturated carbocycles. The highest BCUT2D eigenvalue weighted by Crippen LogP contribution is 2.21. The molecule has 0 N–H and O–H groups in total. The maximum absolute atomic E-state index is 10.9. The van der Waals surface area contributed by atoms with Gasteiger partial charge in [0.1, 0.15) is 11.5 Å². The first-order chi connectivity index (χ1) is 6.13. The van der Waals surface area contributed by atoms with Gasteiger partial charge < -0.3 is 9.15 Å². The molecule has 0 fully saturated rings. The normalized spacial score (nSPS) is 12.5. The second-order valence-electron chi connectivity index (χ2n) is 3.13. The Kier molecular flexibility index (Phi) is 3.12. The fourth-order valence-electron chi connectivity index (χ4n) is 1.15. The van der Waals surface area contributed by atoms with Crippen molar-refractivity contribution in [2.45, 2.75) is 26.2 Å². The van der Waals surface area contributed by atoms with Crippen LogP contribution in [0.2, 0.25) is 0 Å². The smallest absolute Gasteiger partial charge is 0.306 e. The summed E-state index contributed by atoms with van der Waals surface area (Å²) in [5.74, 6) is 1.58. The average molecular weight is 182 g/mol. The van der Waals surface area contributed by atoms with E-state index in [9.17, 15) is 4.79 Å². The molecule has 1 aromatic rings. The third-order valence-electron chi connectivity index (χ3n) is 1.95. The zero-order valence-electron chi connectivity index (χ0n) is 8.16. The Balaban J connectivity index is 2.58. The van der Waals surface area contributed by atoms with Crippen molar-refractivity contribution in [1.82, 2.24) is 0 Å².